The first-order valence-corrected chi connectivity index (χ1v) is 6.07. The molecule has 2 rings (SSSR count). The molecule has 7 nitrogen and oxygen atoms in total. The summed E-state index contributed by atoms with van der Waals surface area (Å²) in [5.41, 5.74) is 0.654. The molecule has 1 aromatic rings. The molecule has 8 heteroatoms. The van der Waals surface area contributed by atoms with Crippen LogP contribution in [0.5, 0.6) is 11.5 Å². The number of ether oxygens (including phenoxy) is 2. The molecule has 0 radical (unpaired) electrons. The number of carbonyl (C=O) groups is 2. The quantitative estimate of drug-likeness (QED) is 0.810. The molecule has 20 heavy (non-hydrogen) atoms. The first-order chi connectivity index (χ1) is 9.45. The van der Waals surface area contributed by atoms with Gasteiger partial charge in [0.2, 0.25) is 6.79 Å². The molecule has 1 aromatic carbocycles. The van der Waals surface area contributed by atoms with E-state index >= 15 is 0 Å². The minimum absolute atomic E-state index is 0.0759. The first-order valence-electron chi connectivity index (χ1n) is 5.69. The Balaban J connectivity index is 2.15. The second kappa shape index (κ2) is 5.98. The van der Waals surface area contributed by atoms with Crippen molar-refractivity contribution in [3.63, 3.8) is 0 Å². The molecule has 0 saturated heterocycles. The Kier molecular flexibility index (Phi) is 4.31. The van der Waals surface area contributed by atoms with Crippen LogP contribution in [0.1, 0.15) is 5.56 Å². The maximum absolute atomic E-state index is 10.7. The van der Waals surface area contributed by atoms with Gasteiger partial charge in [0.1, 0.15) is 0 Å². The van der Waals surface area contributed by atoms with Crippen molar-refractivity contribution in [2.75, 3.05) is 19.9 Å². The van der Waals surface area contributed by atoms with Crippen LogP contribution in [-0.4, -0.2) is 46.9 Å². The molecule has 0 aromatic heterocycles. The molecule has 0 aliphatic carbocycles. The Bertz CT molecular complexity index is 531. The van der Waals surface area contributed by atoms with Crippen molar-refractivity contribution in [3.8, 4) is 11.5 Å². The third-order valence-electron chi connectivity index (χ3n) is 2.61. The lowest BCUT2D eigenvalue weighted by molar-refractivity contribution is -0.142. The largest absolute Gasteiger partial charge is 0.480 e. The molecule has 2 N–H and O–H groups in total. The van der Waals surface area contributed by atoms with Gasteiger partial charge in [0.25, 0.3) is 0 Å². The highest BCUT2D eigenvalue weighted by Crippen LogP contribution is 2.39. The van der Waals surface area contributed by atoms with Crippen molar-refractivity contribution in [3.05, 3.63) is 22.7 Å². The molecular formula is C12H12ClNO6. The molecule has 0 amide bonds. The standard InChI is InChI=1S/C12H12ClNO6/c13-8-1-7(2-9-12(8)20-6-19-9)3-14(4-10(15)16)5-11(17)18/h1-2H,3-6H2,(H,15,16)(H,17,18). The van der Waals surface area contributed by atoms with Crippen molar-refractivity contribution >= 4 is 23.5 Å². The van der Waals surface area contributed by atoms with E-state index < -0.39 is 11.9 Å². The molecule has 0 bridgehead atoms. The summed E-state index contributed by atoms with van der Waals surface area (Å²) in [7, 11) is 0. The highest BCUT2D eigenvalue weighted by Gasteiger charge is 2.20. The Morgan fingerprint density at radius 2 is 1.85 bits per heavy atom. The molecule has 0 atom stereocenters. The Morgan fingerprint density at radius 1 is 1.20 bits per heavy atom. The fraction of sp³-hybridized carbons (Fsp3) is 0.333. The second-order valence-electron chi connectivity index (χ2n) is 4.24. The summed E-state index contributed by atoms with van der Waals surface area (Å²) in [5.74, 6) is -1.28. The number of carboxylic acids is 2. The molecule has 0 unspecified atom stereocenters. The smallest absolute Gasteiger partial charge is 0.317 e. The number of rotatable bonds is 6. The van der Waals surface area contributed by atoms with Crippen molar-refractivity contribution < 1.29 is 29.3 Å². The lowest BCUT2D eigenvalue weighted by Crippen LogP contribution is -2.33. The van der Waals surface area contributed by atoms with Crippen LogP contribution in [0.3, 0.4) is 0 Å². The van der Waals surface area contributed by atoms with Crippen LogP contribution in [0.2, 0.25) is 5.02 Å². The maximum Gasteiger partial charge on any atom is 0.317 e. The molecule has 0 spiro atoms. The summed E-state index contributed by atoms with van der Waals surface area (Å²) < 4.78 is 10.4. The SMILES string of the molecule is O=C(O)CN(CC(=O)O)Cc1cc(Cl)c2c(c1)OCO2. The third kappa shape index (κ3) is 3.52. The first kappa shape index (κ1) is 14.4. The average molecular weight is 302 g/mol. The van der Waals surface area contributed by atoms with Gasteiger partial charge in [0.15, 0.2) is 11.5 Å². The van der Waals surface area contributed by atoms with E-state index in [1.54, 1.807) is 12.1 Å². The second-order valence-corrected chi connectivity index (χ2v) is 4.65. The number of benzene rings is 1. The van der Waals surface area contributed by atoms with Crippen LogP contribution in [0.15, 0.2) is 12.1 Å². The maximum atomic E-state index is 10.7. The summed E-state index contributed by atoms with van der Waals surface area (Å²) >= 11 is 6.01. The summed E-state index contributed by atoms with van der Waals surface area (Å²) in [5, 5.41) is 17.9. The lowest BCUT2D eigenvalue weighted by atomic mass is 10.2. The summed E-state index contributed by atoms with van der Waals surface area (Å²) in [4.78, 5) is 22.7. The zero-order valence-corrected chi connectivity index (χ0v) is 11.1. The van der Waals surface area contributed by atoms with Gasteiger partial charge in [-0.25, -0.2) is 0 Å². The molecular weight excluding hydrogens is 290 g/mol. The normalized spacial score (nSPS) is 12.7. The van der Waals surface area contributed by atoms with Gasteiger partial charge in [-0.05, 0) is 17.7 Å². The van der Waals surface area contributed by atoms with Gasteiger partial charge in [-0.3, -0.25) is 14.5 Å². The van der Waals surface area contributed by atoms with Gasteiger partial charge in [-0.1, -0.05) is 11.6 Å². The molecule has 1 heterocycles. The van der Waals surface area contributed by atoms with Crippen LogP contribution < -0.4 is 9.47 Å². The summed E-state index contributed by atoms with van der Waals surface area (Å²) in [6.45, 7) is -0.543. The van der Waals surface area contributed by atoms with E-state index in [1.807, 2.05) is 0 Å². The van der Waals surface area contributed by atoms with Gasteiger partial charge < -0.3 is 19.7 Å². The highest BCUT2D eigenvalue weighted by molar-refractivity contribution is 6.32. The van der Waals surface area contributed by atoms with Gasteiger partial charge >= 0.3 is 11.9 Å². The van der Waals surface area contributed by atoms with Crippen molar-refractivity contribution in [2.45, 2.75) is 6.54 Å². The van der Waals surface area contributed by atoms with Crippen molar-refractivity contribution in [1.82, 2.24) is 4.90 Å². The summed E-state index contributed by atoms with van der Waals surface area (Å²) in [6, 6.07) is 3.26. The number of hydrogen-bond acceptors (Lipinski definition) is 5. The predicted octanol–water partition coefficient (Wildman–Crippen LogP) is 1.04. The predicted molar refractivity (Wildman–Crippen MR) is 68.1 cm³/mol. The van der Waals surface area contributed by atoms with Gasteiger partial charge in [0, 0.05) is 6.54 Å². The Labute approximate surface area is 119 Å². The topological polar surface area (TPSA) is 96.3 Å². The van der Waals surface area contributed by atoms with Crippen LogP contribution in [-0.2, 0) is 16.1 Å². The Hall–Kier alpha value is -1.99. The molecule has 0 fully saturated rings. The molecule has 0 saturated carbocycles. The number of nitrogens with zero attached hydrogens (tertiary/aromatic N) is 1. The zero-order chi connectivity index (χ0) is 14.7. The minimum Gasteiger partial charge on any atom is -0.480 e. The summed E-state index contributed by atoms with van der Waals surface area (Å²) in [6.07, 6.45) is 0. The van der Waals surface area contributed by atoms with Gasteiger partial charge in [-0.2, -0.15) is 0 Å². The number of carboxylic acid groups (broad SMARTS) is 2. The monoisotopic (exact) mass is 301 g/mol. The van der Waals surface area contributed by atoms with Crippen LogP contribution in [0.25, 0.3) is 0 Å². The molecule has 1 aliphatic rings. The van der Waals surface area contributed by atoms with Crippen molar-refractivity contribution in [2.24, 2.45) is 0 Å². The van der Waals surface area contributed by atoms with Crippen LogP contribution in [0, 0.1) is 0 Å². The van der Waals surface area contributed by atoms with Crippen LogP contribution in [0.4, 0.5) is 0 Å². The fourth-order valence-corrected chi connectivity index (χ4v) is 2.21. The number of hydrogen-bond donors (Lipinski definition) is 2. The number of halogens is 1. The highest BCUT2D eigenvalue weighted by atomic mass is 35.5. The fourth-order valence-electron chi connectivity index (χ4n) is 1.92. The van der Waals surface area contributed by atoms with E-state index in [0.717, 1.165) is 0 Å². The average Bonchev–Trinajstić information content (AvgIpc) is 2.75. The van der Waals surface area contributed by atoms with E-state index in [9.17, 15) is 9.59 Å². The molecule has 1 aliphatic heterocycles. The van der Waals surface area contributed by atoms with E-state index in [4.69, 9.17) is 31.3 Å². The van der Waals surface area contributed by atoms with Crippen molar-refractivity contribution in [1.29, 1.82) is 0 Å². The van der Waals surface area contributed by atoms with Gasteiger partial charge in [-0.15, -0.1) is 0 Å². The third-order valence-corrected chi connectivity index (χ3v) is 2.89. The molecule has 108 valence electrons. The van der Waals surface area contributed by atoms with Gasteiger partial charge in [0.05, 0.1) is 18.1 Å². The van der Waals surface area contributed by atoms with E-state index in [2.05, 4.69) is 0 Å². The number of aliphatic carboxylic acids is 2. The number of fused-ring (bicyclic) bond motifs is 1. The van der Waals surface area contributed by atoms with E-state index in [-0.39, 0.29) is 26.4 Å². The van der Waals surface area contributed by atoms with Crippen LogP contribution >= 0.6 is 11.6 Å². The lowest BCUT2D eigenvalue weighted by Gasteiger charge is -2.18. The Morgan fingerprint density at radius 3 is 2.45 bits per heavy atom. The zero-order valence-electron chi connectivity index (χ0n) is 10.3. The minimum atomic E-state index is -1.10. The van der Waals surface area contributed by atoms with E-state index in [0.29, 0.717) is 22.1 Å². The van der Waals surface area contributed by atoms with E-state index in [1.165, 1.54) is 4.90 Å².